The van der Waals surface area contributed by atoms with Crippen molar-refractivity contribution in [3.8, 4) is 11.5 Å². The highest BCUT2D eigenvalue weighted by Crippen LogP contribution is 2.35. The minimum atomic E-state index is -1.10. The molecule has 0 saturated heterocycles. The second kappa shape index (κ2) is 6.11. The first-order chi connectivity index (χ1) is 9.88. The zero-order valence-electron chi connectivity index (χ0n) is 10.2. The van der Waals surface area contributed by atoms with Crippen molar-refractivity contribution in [1.82, 2.24) is 0 Å². The Kier molecular flexibility index (Phi) is 4.44. The van der Waals surface area contributed by atoms with Crippen LogP contribution >= 0.6 is 27.5 Å². The molecule has 0 bridgehead atoms. The van der Waals surface area contributed by atoms with E-state index >= 15 is 0 Å². The normalized spacial score (nSPS) is 10.2. The summed E-state index contributed by atoms with van der Waals surface area (Å²) in [7, 11) is 0. The van der Waals surface area contributed by atoms with Gasteiger partial charge in [0.2, 0.25) is 0 Å². The fourth-order valence-corrected chi connectivity index (χ4v) is 2.19. The molecule has 2 aromatic carbocycles. The summed E-state index contributed by atoms with van der Waals surface area (Å²) in [6.45, 7) is 0. The molecule has 0 radical (unpaired) electrons. The SMILES string of the molecule is O=C(O)c1ccc(Oc2ccc([N+](=O)[O-])cc2Br)c(Cl)c1. The topological polar surface area (TPSA) is 89.7 Å². The number of benzene rings is 2. The van der Waals surface area contributed by atoms with E-state index in [1.54, 1.807) is 0 Å². The molecule has 0 fully saturated rings. The van der Waals surface area contributed by atoms with Crippen LogP contribution < -0.4 is 4.74 Å². The van der Waals surface area contributed by atoms with Gasteiger partial charge in [0.05, 0.1) is 20.0 Å². The number of carbonyl (C=O) groups is 1. The largest absolute Gasteiger partial charge is 0.478 e. The lowest BCUT2D eigenvalue weighted by molar-refractivity contribution is -0.384. The fraction of sp³-hybridized carbons (Fsp3) is 0. The van der Waals surface area contributed by atoms with Crippen molar-refractivity contribution in [2.45, 2.75) is 0 Å². The molecule has 2 rings (SSSR count). The van der Waals surface area contributed by atoms with Gasteiger partial charge in [-0.05, 0) is 40.2 Å². The maximum absolute atomic E-state index is 10.8. The predicted molar refractivity (Wildman–Crippen MR) is 79.3 cm³/mol. The van der Waals surface area contributed by atoms with Crippen LogP contribution in [0.5, 0.6) is 11.5 Å². The molecule has 0 spiro atoms. The van der Waals surface area contributed by atoms with Crippen molar-refractivity contribution >= 4 is 39.2 Å². The number of carboxylic acid groups (broad SMARTS) is 1. The summed E-state index contributed by atoms with van der Waals surface area (Å²) >= 11 is 9.11. The first-order valence-electron chi connectivity index (χ1n) is 5.53. The summed E-state index contributed by atoms with van der Waals surface area (Å²) in [6, 6.07) is 8.04. The minimum absolute atomic E-state index is 0.0371. The summed E-state index contributed by atoms with van der Waals surface area (Å²) in [4.78, 5) is 20.9. The highest BCUT2D eigenvalue weighted by atomic mass is 79.9. The number of hydrogen-bond acceptors (Lipinski definition) is 4. The van der Waals surface area contributed by atoms with Gasteiger partial charge in [-0.1, -0.05) is 11.6 Å². The number of rotatable bonds is 4. The number of hydrogen-bond donors (Lipinski definition) is 1. The molecule has 2 aromatic rings. The van der Waals surface area contributed by atoms with Crippen molar-refractivity contribution in [3.05, 3.63) is 61.6 Å². The van der Waals surface area contributed by atoms with Gasteiger partial charge < -0.3 is 9.84 Å². The van der Waals surface area contributed by atoms with Crippen LogP contribution in [0.25, 0.3) is 0 Å². The standard InChI is InChI=1S/C13H7BrClNO5/c14-9-6-8(16(19)20)2-4-11(9)21-12-3-1-7(13(17)18)5-10(12)15/h1-6H,(H,17,18). The van der Waals surface area contributed by atoms with E-state index in [2.05, 4.69) is 15.9 Å². The second-order valence-corrected chi connectivity index (χ2v) is 5.19. The van der Waals surface area contributed by atoms with Crippen LogP contribution in [0.3, 0.4) is 0 Å². The number of non-ortho nitro benzene ring substituents is 1. The van der Waals surface area contributed by atoms with Crippen molar-refractivity contribution < 1.29 is 19.6 Å². The van der Waals surface area contributed by atoms with E-state index in [9.17, 15) is 14.9 Å². The van der Waals surface area contributed by atoms with Gasteiger partial charge in [-0.15, -0.1) is 0 Å². The molecule has 0 atom stereocenters. The van der Waals surface area contributed by atoms with Crippen LogP contribution in [0.1, 0.15) is 10.4 Å². The van der Waals surface area contributed by atoms with E-state index in [1.807, 2.05) is 0 Å². The molecule has 1 N–H and O–H groups in total. The third-order valence-corrected chi connectivity index (χ3v) is 3.44. The van der Waals surface area contributed by atoms with Crippen LogP contribution in [0.4, 0.5) is 5.69 Å². The van der Waals surface area contributed by atoms with Crippen molar-refractivity contribution in [2.75, 3.05) is 0 Å². The molecule has 0 saturated carbocycles. The monoisotopic (exact) mass is 371 g/mol. The van der Waals surface area contributed by atoms with Gasteiger partial charge in [-0.2, -0.15) is 0 Å². The van der Waals surface area contributed by atoms with E-state index < -0.39 is 10.9 Å². The molecule has 108 valence electrons. The first-order valence-corrected chi connectivity index (χ1v) is 6.70. The molecule has 0 aliphatic carbocycles. The molecule has 0 heterocycles. The third-order valence-electron chi connectivity index (χ3n) is 2.53. The van der Waals surface area contributed by atoms with E-state index in [-0.39, 0.29) is 22.0 Å². The lowest BCUT2D eigenvalue weighted by Crippen LogP contribution is -1.96. The van der Waals surface area contributed by atoms with Gasteiger partial charge in [0.25, 0.3) is 5.69 Å². The summed E-state index contributed by atoms with van der Waals surface area (Å²) in [6.07, 6.45) is 0. The Morgan fingerprint density at radius 2 is 1.90 bits per heavy atom. The van der Waals surface area contributed by atoms with Crippen LogP contribution in [0.15, 0.2) is 40.9 Å². The number of aromatic carboxylic acids is 1. The summed E-state index contributed by atoms with van der Waals surface area (Å²) in [5.74, 6) is -0.526. The van der Waals surface area contributed by atoms with Crippen LogP contribution in [0.2, 0.25) is 5.02 Å². The first kappa shape index (κ1) is 15.3. The summed E-state index contributed by atoms with van der Waals surface area (Å²) in [5, 5.41) is 19.6. The van der Waals surface area contributed by atoms with Gasteiger partial charge in [0.15, 0.2) is 0 Å². The van der Waals surface area contributed by atoms with Crippen LogP contribution in [0, 0.1) is 10.1 Å². The Morgan fingerprint density at radius 3 is 2.43 bits per heavy atom. The Labute approximate surface area is 132 Å². The van der Waals surface area contributed by atoms with E-state index in [0.29, 0.717) is 10.2 Å². The molecular formula is C13H7BrClNO5. The van der Waals surface area contributed by atoms with Crippen molar-refractivity contribution in [3.63, 3.8) is 0 Å². The fourth-order valence-electron chi connectivity index (χ4n) is 1.52. The molecule has 8 heteroatoms. The Bertz CT molecular complexity index is 673. The number of ether oxygens (including phenoxy) is 1. The number of halogens is 2. The molecule has 21 heavy (non-hydrogen) atoms. The molecule has 0 unspecified atom stereocenters. The zero-order chi connectivity index (χ0) is 15.6. The highest BCUT2D eigenvalue weighted by Gasteiger charge is 2.13. The molecule has 6 nitrogen and oxygen atoms in total. The summed E-state index contributed by atoms with van der Waals surface area (Å²) < 4.78 is 5.90. The smallest absolute Gasteiger partial charge is 0.335 e. The molecule has 0 amide bonds. The van der Waals surface area contributed by atoms with Gasteiger partial charge in [-0.3, -0.25) is 10.1 Å². The highest BCUT2D eigenvalue weighted by molar-refractivity contribution is 9.10. The van der Waals surface area contributed by atoms with Crippen LogP contribution in [-0.4, -0.2) is 16.0 Å². The molecule has 0 aliphatic rings. The van der Waals surface area contributed by atoms with E-state index in [0.717, 1.165) is 0 Å². The van der Waals surface area contributed by atoms with E-state index in [1.165, 1.54) is 36.4 Å². The second-order valence-electron chi connectivity index (χ2n) is 3.92. The van der Waals surface area contributed by atoms with Gasteiger partial charge >= 0.3 is 5.97 Å². The predicted octanol–water partition coefficient (Wildman–Crippen LogP) is 4.50. The van der Waals surface area contributed by atoms with Gasteiger partial charge in [0.1, 0.15) is 11.5 Å². The Balaban J connectivity index is 2.30. The average molecular weight is 373 g/mol. The molecular weight excluding hydrogens is 366 g/mol. The van der Waals surface area contributed by atoms with Crippen molar-refractivity contribution in [2.24, 2.45) is 0 Å². The van der Waals surface area contributed by atoms with Crippen LogP contribution in [-0.2, 0) is 0 Å². The zero-order valence-corrected chi connectivity index (χ0v) is 12.6. The number of carboxylic acids is 1. The van der Waals surface area contributed by atoms with Gasteiger partial charge in [-0.25, -0.2) is 4.79 Å². The Hall–Kier alpha value is -2.12. The lowest BCUT2D eigenvalue weighted by atomic mass is 10.2. The molecule has 0 aliphatic heterocycles. The quantitative estimate of drug-likeness (QED) is 0.630. The third kappa shape index (κ3) is 3.50. The minimum Gasteiger partial charge on any atom is -0.478 e. The maximum Gasteiger partial charge on any atom is 0.335 e. The Morgan fingerprint density at radius 1 is 1.24 bits per heavy atom. The number of nitrogens with zero attached hydrogens (tertiary/aromatic N) is 1. The summed E-state index contributed by atoms with van der Waals surface area (Å²) in [5.41, 5.74) is -0.0448. The maximum atomic E-state index is 10.8. The average Bonchev–Trinajstić information content (AvgIpc) is 2.42. The number of nitro groups is 1. The lowest BCUT2D eigenvalue weighted by Gasteiger charge is -2.09. The number of nitro benzene ring substituents is 1. The molecule has 0 aromatic heterocycles. The van der Waals surface area contributed by atoms with E-state index in [4.69, 9.17) is 21.4 Å². The van der Waals surface area contributed by atoms with Crippen molar-refractivity contribution in [1.29, 1.82) is 0 Å². The van der Waals surface area contributed by atoms with Gasteiger partial charge in [0, 0.05) is 12.1 Å².